The van der Waals surface area contributed by atoms with Gasteiger partial charge in [-0.15, -0.1) is 0 Å². The highest BCUT2D eigenvalue weighted by Gasteiger charge is 2.10. The molecule has 0 atom stereocenters. The zero-order valence-corrected chi connectivity index (χ0v) is 11.9. The molecule has 2 aromatic rings. The molecular weight excluding hydrogens is 240 g/mol. The van der Waals surface area contributed by atoms with E-state index in [-0.39, 0.29) is 0 Å². The Labute approximate surface area is 113 Å². The normalized spacial score (nSPS) is 11.4. The van der Waals surface area contributed by atoms with E-state index in [0.717, 1.165) is 25.3 Å². The Kier molecular flexibility index (Phi) is 4.68. The second-order valence-corrected chi connectivity index (χ2v) is 4.87. The first kappa shape index (κ1) is 13.7. The SMILES string of the molecule is CCCNCc1ccnn1Cc1ncnn1C(C)C. The van der Waals surface area contributed by atoms with Gasteiger partial charge < -0.3 is 5.32 Å². The minimum Gasteiger partial charge on any atom is -0.311 e. The van der Waals surface area contributed by atoms with Gasteiger partial charge in [-0.3, -0.25) is 4.68 Å². The van der Waals surface area contributed by atoms with E-state index in [9.17, 15) is 0 Å². The van der Waals surface area contributed by atoms with Crippen molar-refractivity contribution in [1.29, 1.82) is 0 Å². The van der Waals surface area contributed by atoms with E-state index in [2.05, 4.69) is 41.3 Å². The molecule has 2 rings (SSSR count). The predicted octanol–water partition coefficient (Wildman–Crippen LogP) is 1.60. The zero-order valence-electron chi connectivity index (χ0n) is 11.9. The molecule has 0 aliphatic carbocycles. The molecule has 2 heterocycles. The number of hydrogen-bond acceptors (Lipinski definition) is 4. The van der Waals surface area contributed by atoms with Crippen LogP contribution in [0.1, 0.15) is 44.8 Å². The summed E-state index contributed by atoms with van der Waals surface area (Å²) < 4.78 is 3.91. The lowest BCUT2D eigenvalue weighted by Gasteiger charge is -2.11. The summed E-state index contributed by atoms with van der Waals surface area (Å²) in [5.41, 5.74) is 1.17. The van der Waals surface area contributed by atoms with Crippen molar-refractivity contribution in [1.82, 2.24) is 29.9 Å². The van der Waals surface area contributed by atoms with E-state index in [4.69, 9.17) is 0 Å². The van der Waals surface area contributed by atoms with Gasteiger partial charge in [-0.2, -0.15) is 10.2 Å². The Morgan fingerprint density at radius 1 is 1.32 bits per heavy atom. The quantitative estimate of drug-likeness (QED) is 0.770. The van der Waals surface area contributed by atoms with Gasteiger partial charge in [0.25, 0.3) is 0 Å². The van der Waals surface area contributed by atoms with Crippen LogP contribution in [-0.2, 0) is 13.1 Å². The molecule has 0 unspecified atom stereocenters. The van der Waals surface area contributed by atoms with E-state index in [1.165, 1.54) is 5.69 Å². The Hall–Kier alpha value is -1.69. The molecule has 0 amide bonds. The molecular formula is C13H22N6. The van der Waals surface area contributed by atoms with Crippen LogP contribution in [0, 0.1) is 0 Å². The highest BCUT2D eigenvalue weighted by Crippen LogP contribution is 2.08. The Morgan fingerprint density at radius 3 is 2.89 bits per heavy atom. The van der Waals surface area contributed by atoms with Crippen LogP contribution in [0.2, 0.25) is 0 Å². The summed E-state index contributed by atoms with van der Waals surface area (Å²) in [5, 5.41) is 12.0. The second kappa shape index (κ2) is 6.47. The van der Waals surface area contributed by atoms with Crippen molar-refractivity contribution in [2.45, 2.75) is 46.3 Å². The summed E-state index contributed by atoms with van der Waals surface area (Å²) in [6, 6.07) is 2.35. The number of rotatable bonds is 7. The van der Waals surface area contributed by atoms with Gasteiger partial charge in [0, 0.05) is 18.8 Å². The maximum atomic E-state index is 4.37. The average molecular weight is 262 g/mol. The zero-order chi connectivity index (χ0) is 13.7. The topological polar surface area (TPSA) is 60.6 Å². The third kappa shape index (κ3) is 3.41. The first-order valence-corrected chi connectivity index (χ1v) is 6.82. The lowest BCUT2D eigenvalue weighted by molar-refractivity contribution is 0.481. The smallest absolute Gasteiger partial charge is 0.148 e. The van der Waals surface area contributed by atoms with Gasteiger partial charge in [0.1, 0.15) is 18.7 Å². The number of nitrogens with zero attached hydrogens (tertiary/aromatic N) is 5. The Bertz CT molecular complexity index is 499. The van der Waals surface area contributed by atoms with Crippen LogP contribution in [0.3, 0.4) is 0 Å². The van der Waals surface area contributed by atoms with Gasteiger partial charge in [0.05, 0.1) is 5.69 Å². The van der Waals surface area contributed by atoms with Crippen molar-refractivity contribution in [3.05, 3.63) is 30.1 Å². The molecule has 1 N–H and O–H groups in total. The Morgan fingerprint density at radius 2 is 2.16 bits per heavy atom. The van der Waals surface area contributed by atoms with Crippen molar-refractivity contribution in [2.75, 3.05) is 6.54 Å². The first-order chi connectivity index (χ1) is 9.22. The molecule has 0 spiro atoms. The van der Waals surface area contributed by atoms with Crippen LogP contribution in [0.25, 0.3) is 0 Å². The van der Waals surface area contributed by atoms with Crippen molar-refractivity contribution >= 4 is 0 Å². The molecule has 6 heteroatoms. The van der Waals surface area contributed by atoms with Gasteiger partial charge in [-0.05, 0) is 32.9 Å². The van der Waals surface area contributed by atoms with Crippen LogP contribution >= 0.6 is 0 Å². The van der Waals surface area contributed by atoms with Gasteiger partial charge in [0.15, 0.2) is 0 Å². The molecule has 0 radical (unpaired) electrons. The highest BCUT2D eigenvalue weighted by molar-refractivity contribution is 5.02. The fourth-order valence-corrected chi connectivity index (χ4v) is 2.00. The molecule has 0 bridgehead atoms. The molecule has 0 aliphatic heterocycles. The van der Waals surface area contributed by atoms with Crippen LogP contribution in [0.5, 0.6) is 0 Å². The molecule has 6 nitrogen and oxygen atoms in total. The standard InChI is InChI=1S/C13H22N6/c1-4-6-14-8-12-5-7-16-18(12)9-13-15-10-17-19(13)11(2)3/h5,7,10-11,14H,4,6,8-9H2,1-3H3. The third-order valence-electron chi connectivity index (χ3n) is 2.96. The van der Waals surface area contributed by atoms with Gasteiger partial charge in [0.2, 0.25) is 0 Å². The van der Waals surface area contributed by atoms with E-state index in [1.807, 2.05) is 21.6 Å². The van der Waals surface area contributed by atoms with Crippen molar-refractivity contribution < 1.29 is 0 Å². The van der Waals surface area contributed by atoms with Gasteiger partial charge in [-0.1, -0.05) is 6.92 Å². The van der Waals surface area contributed by atoms with Gasteiger partial charge in [-0.25, -0.2) is 9.67 Å². The van der Waals surface area contributed by atoms with Crippen LogP contribution in [0.15, 0.2) is 18.6 Å². The van der Waals surface area contributed by atoms with E-state index in [1.54, 1.807) is 6.33 Å². The van der Waals surface area contributed by atoms with Crippen molar-refractivity contribution in [3.63, 3.8) is 0 Å². The summed E-state index contributed by atoms with van der Waals surface area (Å²) in [6.07, 6.45) is 4.57. The summed E-state index contributed by atoms with van der Waals surface area (Å²) in [7, 11) is 0. The molecule has 0 fully saturated rings. The highest BCUT2D eigenvalue weighted by atomic mass is 15.4. The number of aromatic nitrogens is 5. The van der Waals surface area contributed by atoms with Crippen molar-refractivity contribution in [2.24, 2.45) is 0 Å². The van der Waals surface area contributed by atoms with Crippen LogP contribution in [-0.4, -0.2) is 31.1 Å². The maximum absolute atomic E-state index is 4.37. The molecule has 2 aromatic heterocycles. The minimum atomic E-state index is 0.315. The van der Waals surface area contributed by atoms with Crippen LogP contribution in [0.4, 0.5) is 0 Å². The number of hydrogen-bond donors (Lipinski definition) is 1. The average Bonchev–Trinajstić information content (AvgIpc) is 3.00. The first-order valence-electron chi connectivity index (χ1n) is 6.82. The maximum Gasteiger partial charge on any atom is 0.148 e. The van der Waals surface area contributed by atoms with E-state index < -0.39 is 0 Å². The fourth-order valence-electron chi connectivity index (χ4n) is 2.00. The molecule has 0 aromatic carbocycles. The van der Waals surface area contributed by atoms with Crippen molar-refractivity contribution in [3.8, 4) is 0 Å². The second-order valence-electron chi connectivity index (χ2n) is 4.87. The van der Waals surface area contributed by atoms with E-state index in [0.29, 0.717) is 12.6 Å². The molecule has 0 aliphatic rings. The summed E-state index contributed by atoms with van der Waals surface area (Å²) in [4.78, 5) is 4.32. The minimum absolute atomic E-state index is 0.315. The molecule has 0 saturated heterocycles. The van der Waals surface area contributed by atoms with Gasteiger partial charge >= 0.3 is 0 Å². The Balaban J connectivity index is 2.06. The summed E-state index contributed by atoms with van der Waals surface area (Å²) in [5.74, 6) is 0.940. The molecule has 0 saturated carbocycles. The lowest BCUT2D eigenvalue weighted by Crippen LogP contribution is -2.19. The fraction of sp³-hybridized carbons (Fsp3) is 0.615. The number of nitrogens with one attached hydrogen (secondary N) is 1. The van der Waals surface area contributed by atoms with E-state index >= 15 is 0 Å². The summed E-state index contributed by atoms with van der Waals surface area (Å²) in [6.45, 7) is 8.89. The molecule has 104 valence electrons. The third-order valence-corrected chi connectivity index (χ3v) is 2.96. The summed E-state index contributed by atoms with van der Waals surface area (Å²) >= 11 is 0. The largest absolute Gasteiger partial charge is 0.311 e. The molecule has 19 heavy (non-hydrogen) atoms. The monoisotopic (exact) mass is 262 g/mol. The lowest BCUT2D eigenvalue weighted by atomic mass is 10.3. The predicted molar refractivity (Wildman–Crippen MR) is 73.7 cm³/mol. The van der Waals surface area contributed by atoms with Crippen LogP contribution < -0.4 is 5.32 Å².